The number of rotatable bonds is 7. The summed E-state index contributed by atoms with van der Waals surface area (Å²) in [6, 6.07) is 8.82. The molecule has 0 bridgehead atoms. The molecule has 0 radical (unpaired) electrons. The average molecular weight is 408 g/mol. The highest BCUT2D eigenvalue weighted by Crippen LogP contribution is 2.41. The fourth-order valence-electron chi connectivity index (χ4n) is 2.34. The van der Waals surface area contributed by atoms with Gasteiger partial charge in [0.1, 0.15) is 12.4 Å². The molecule has 3 nitrogen and oxygen atoms in total. The Labute approximate surface area is 156 Å². The molecule has 2 rings (SSSR count). The number of benzene rings is 2. The van der Waals surface area contributed by atoms with E-state index in [-0.39, 0.29) is 39.1 Å². The van der Waals surface area contributed by atoms with Gasteiger partial charge in [0, 0.05) is 22.4 Å². The number of ether oxygens (including phenoxy) is 1. The van der Waals surface area contributed by atoms with Crippen LogP contribution in [0.25, 0.3) is 11.1 Å². The molecular weight excluding hydrogens is 391 g/mol. The molecule has 148 valence electrons. The van der Waals surface area contributed by atoms with Gasteiger partial charge < -0.3 is 14.9 Å². The number of thioether (sulfide) groups is 1. The van der Waals surface area contributed by atoms with E-state index in [0.29, 0.717) is 0 Å². The van der Waals surface area contributed by atoms with Crippen molar-refractivity contribution < 1.29 is 36.9 Å². The van der Waals surface area contributed by atoms with E-state index in [4.69, 9.17) is 14.9 Å². The molecular formula is C18H17F5O3S. The van der Waals surface area contributed by atoms with Crippen molar-refractivity contribution in [2.45, 2.75) is 36.0 Å². The number of hydrogen-bond donors (Lipinski definition) is 2. The van der Waals surface area contributed by atoms with Crippen LogP contribution in [0.4, 0.5) is 22.0 Å². The predicted octanol–water partition coefficient (Wildman–Crippen LogP) is 5.16. The van der Waals surface area contributed by atoms with Crippen LogP contribution >= 0.6 is 11.8 Å². The Morgan fingerprint density at radius 1 is 1.04 bits per heavy atom. The van der Waals surface area contributed by atoms with Crippen molar-refractivity contribution in [1.82, 2.24) is 0 Å². The van der Waals surface area contributed by atoms with Gasteiger partial charge in [-0.1, -0.05) is 19.1 Å². The molecule has 0 saturated heterocycles. The lowest BCUT2D eigenvalue weighted by Gasteiger charge is -2.19. The van der Waals surface area contributed by atoms with Crippen LogP contribution in [0.2, 0.25) is 0 Å². The Morgan fingerprint density at radius 3 is 2.33 bits per heavy atom. The van der Waals surface area contributed by atoms with Crippen LogP contribution in [0.3, 0.4) is 0 Å². The minimum absolute atomic E-state index is 0.0490. The summed E-state index contributed by atoms with van der Waals surface area (Å²) in [5.41, 5.74) is -4.44. The van der Waals surface area contributed by atoms with E-state index in [0.717, 1.165) is 12.1 Å². The van der Waals surface area contributed by atoms with E-state index in [2.05, 4.69) is 0 Å². The summed E-state index contributed by atoms with van der Waals surface area (Å²) in [4.78, 5) is -0.110. The molecule has 0 aliphatic heterocycles. The molecule has 0 aliphatic carbocycles. The van der Waals surface area contributed by atoms with Crippen molar-refractivity contribution >= 4 is 11.8 Å². The van der Waals surface area contributed by atoms with E-state index in [1.807, 2.05) is 0 Å². The molecule has 0 saturated carbocycles. The van der Waals surface area contributed by atoms with Crippen molar-refractivity contribution in [3.05, 3.63) is 48.0 Å². The summed E-state index contributed by atoms with van der Waals surface area (Å²) in [7, 11) is 0. The molecule has 0 amide bonds. The molecule has 0 aromatic heterocycles. The van der Waals surface area contributed by atoms with Gasteiger partial charge in [-0.05, 0) is 47.7 Å². The topological polar surface area (TPSA) is 49.7 Å². The fraction of sp³-hybridized carbons (Fsp3) is 0.333. The van der Waals surface area contributed by atoms with Crippen LogP contribution < -0.4 is 4.74 Å². The lowest BCUT2D eigenvalue weighted by Crippen LogP contribution is -2.17. The summed E-state index contributed by atoms with van der Waals surface area (Å²) in [5.74, 6) is -3.07. The van der Waals surface area contributed by atoms with Gasteiger partial charge in [-0.2, -0.15) is 13.2 Å². The van der Waals surface area contributed by atoms with E-state index >= 15 is 0 Å². The minimum Gasteiger partial charge on any atom is -0.488 e. The van der Waals surface area contributed by atoms with Crippen molar-refractivity contribution in [1.29, 1.82) is 0 Å². The maximum absolute atomic E-state index is 14.1. The summed E-state index contributed by atoms with van der Waals surface area (Å²) >= 11 is -0.321. The number of aliphatic hydroxyl groups is 2. The van der Waals surface area contributed by atoms with Gasteiger partial charge in [0.2, 0.25) is 0 Å². The zero-order valence-electron chi connectivity index (χ0n) is 14.1. The number of halogens is 5. The molecule has 0 heterocycles. The second-order valence-electron chi connectivity index (χ2n) is 5.64. The zero-order valence-corrected chi connectivity index (χ0v) is 15.0. The summed E-state index contributed by atoms with van der Waals surface area (Å²) in [6.07, 6.45) is -2.24. The van der Waals surface area contributed by atoms with Gasteiger partial charge in [0.05, 0.1) is 0 Å². The summed E-state index contributed by atoms with van der Waals surface area (Å²) in [5, 5.41) is 17.9. The van der Waals surface area contributed by atoms with Crippen molar-refractivity contribution in [2.24, 2.45) is 0 Å². The first-order valence-electron chi connectivity index (χ1n) is 7.89. The van der Waals surface area contributed by atoms with Gasteiger partial charge in [0.15, 0.2) is 6.29 Å². The van der Waals surface area contributed by atoms with Gasteiger partial charge in [0.25, 0.3) is 5.92 Å². The molecule has 0 spiro atoms. The SMILES string of the molecule is CCC(F)(F)c1ccc(OCC(O)O)c(-c2cccc(SC(F)(F)F)c2)c1. The lowest BCUT2D eigenvalue weighted by molar-refractivity contribution is -0.0680. The van der Waals surface area contributed by atoms with E-state index in [9.17, 15) is 22.0 Å². The van der Waals surface area contributed by atoms with Crippen LogP contribution in [0, 0.1) is 0 Å². The van der Waals surface area contributed by atoms with Gasteiger partial charge in [-0.15, -0.1) is 0 Å². The minimum atomic E-state index is -4.49. The number of alkyl halides is 5. The highest BCUT2D eigenvalue weighted by atomic mass is 32.2. The smallest absolute Gasteiger partial charge is 0.446 e. The summed E-state index contributed by atoms with van der Waals surface area (Å²) < 4.78 is 71.2. The number of hydrogen-bond acceptors (Lipinski definition) is 4. The lowest BCUT2D eigenvalue weighted by atomic mass is 9.98. The van der Waals surface area contributed by atoms with Crippen LogP contribution in [0.15, 0.2) is 47.4 Å². The quantitative estimate of drug-likeness (QED) is 0.378. The van der Waals surface area contributed by atoms with Gasteiger partial charge in [-0.3, -0.25) is 0 Å². The number of aliphatic hydroxyl groups excluding tert-OH is 1. The Morgan fingerprint density at radius 2 is 1.74 bits per heavy atom. The molecule has 27 heavy (non-hydrogen) atoms. The third-order valence-electron chi connectivity index (χ3n) is 3.61. The standard InChI is InChI=1S/C18H17F5O3S/c1-2-17(19,20)12-6-7-15(26-10-16(24)25)14(9-12)11-4-3-5-13(8-11)27-18(21,22)23/h3-9,16,24-25H,2,10H2,1H3. The Hall–Kier alpha value is -1.84. The highest BCUT2D eigenvalue weighted by Gasteiger charge is 2.31. The molecule has 0 aliphatic rings. The Bertz CT molecular complexity index is 778. The average Bonchev–Trinajstić information content (AvgIpc) is 2.58. The first-order chi connectivity index (χ1) is 12.5. The van der Waals surface area contributed by atoms with Crippen molar-refractivity contribution in [3.8, 4) is 16.9 Å². The third-order valence-corrected chi connectivity index (χ3v) is 4.33. The maximum Gasteiger partial charge on any atom is 0.446 e. The maximum atomic E-state index is 14.1. The summed E-state index contributed by atoms with van der Waals surface area (Å²) in [6.45, 7) is 0.792. The molecule has 2 N–H and O–H groups in total. The van der Waals surface area contributed by atoms with Crippen molar-refractivity contribution in [3.63, 3.8) is 0 Å². The first kappa shape index (κ1) is 21.5. The molecule has 0 atom stereocenters. The van der Waals surface area contributed by atoms with Crippen LogP contribution in [0.5, 0.6) is 5.75 Å². The Balaban J connectivity index is 2.51. The van der Waals surface area contributed by atoms with Crippen molar-refractivity contribution in [2.75, 3.05) is 6.61 Å². The highest BCUT2D eigenvalue weighted by molar-refractivity contribution is 8.00. The second kappa shape index (κ2) is 8.45. The molecule has 9 heteroatoms. The largest absolute Gasteiger partial charge is 0.488 e. The Kier molecular flexibility index (Phi) is 6.72. The zero-order chi connectivity index (χ0) is 20.2. The molecule has 0 unspecified atom stereocenters. The monoisotopic (exact) mass is 408 g/mol. The second-order valence-corrected chi connectivity index (χ2v) is 6.77. The predicted molar refractivity (Wildman–Crippen MR) is 91.7 cm³/mol. The first-order valence-corrected chi connectivity index (χ1v) is 8.71. The van der Waals surface area contributed by atoms with E-state index < -0.39 is 30.7 Å². The van der Waals surface area contributed by atoms with E-state index in [1.54, 1.807) is 0 Å². The van der Waals surface area contributed by atoms with Crippen LogP contribution in [-0.2, 0) is 5.92 Å². The third kappa shape index (κ3) is 6.08. The molecule has 2 aromatic rings. The van der Waals surface area contributed by atoms with Crippen LogP contribution in [-0.4, -0.2) is 28.6 Å². The molecule has 0 fully saturated rings. The fourth-order valence-corrected chi connectivity index (χ4v) is 2.94. The van der Waals surface area contributed by atoms with Crippen LogP contribution in [0.1, 0.15) is 18.9 Å². The normalized spacial score (nSPS) is 12.5. The van der Waals surface area contributed by atoms with Gasteiger partial charge in [-0.25, -0.2) is 8.78 Å². The van der Waals surface area contributed by atoms with E-state index in [1.165, 1.54) is 37.3 Å². The van der Waals surface area contributed by atoms with Gasteiger partial charge >= 0.3 is 5.51 Å². The molecule has 2 aromatic carbocycles.